The summed E-state index contributed by atoms with van der Waals surface area (Å²) in [5.74, 6) is 1.34. The first-order chi connectivity index (χ1) is 7.65. The second kappa shape index (κ2) is 4.69. The van der Waals surface area contributed by atoms with Crippen molar-refractivity contribution in [3.05, 3.63) is 45.7 Å². The molecule has 0 saturated heterocycles. The van der Waals surface area contributed by atoms with Crippen LogP contribution in [0.3, 0.4) is 0 Å². The third-order valence-corrected chi connectivity index (χ3v) is 2.86. The molecule has 0 aliphatic heterocycles. The number of anilines is 1. The quantitative estimate of drug-likeness (QED) is 0.861. The standard InChI is InChI=1S/C12H11IN2O/c1-8-11(14)6-7-12(15-8)16-10-4-2-9(13)3-5-10/h2-7H,14H2,1H3. The summed E-state index contributed by atoms with van der Waals surface area (Å²) in [6.07, 6.45) is 0. The van der Waals surface area contributed by atoms with Crippen LogP contribution < -0.4 is 10.5 Å². The highest BCUT2D eigenvalue weighted by molar-refractivity contribution is 14.1. The molecule has 0 atom stereocenters. The van der Waals surface area contributed by atoms with Gasteiger partial charge in [0.1, 0.15) is 5.75 Å². The molecule has 0 amide bonds. The molecule has 0 bridgehead atoms. The number of nitrogen functional groups attached to an aromatic ring is 1. The third-order valence-electron chi connectivity index (χ3n) is 2.14. The number of halogens is 1. The predicted octanol–water partition coefficient (Wildman–Crippen LogP) is 3.37. The van der Waals surface area contributed by atoms with Crippen molar-refractivity contribution in [2.45, 2.75) is 6.92 Å². The molecule has 2 rings (SSSR count). The SMILES string of the molecule is Cc1nc(Oc2ccc(I)cc2)ccc1N. The highest BCUT2D eigenvalue weighted by Crippen LogP contribution is 2.22. The topological polar surface area (TPSA) is 48.1 Å². The minimum absolute atomic E-state index is 0.563. The number of aromatic nitrogens is 1. The molecule has 0 unspecified atom stereocenters. The van der Waals surface area contributed by atoms with E-state index in [9.17, 15) is 0 Å². The lowest BCUT2D eigenvalue weighted by atomic mass is 10.3. The van der Waals surface area contributed by atoms with Gasteiger partial charge in [-0.05, 0) is 59.8 Å². The van der Waals surface area contributed by atoms with Crippen LogP contribution in [0.2, 0.25) is 0 Å². The largest absolute Gasteiger partial charge is 0.439 e. The van der Waals surface area contributed by atoms with Crippen molar-refractivity contribution in [2.75, 3.05) is 5.73 Å². The summed E-state index contributed by atoms with van der Waals surface area (Å²) in [6, 6.07) is 11.4. The Bertz CT molecular complexity index is 497. The summed E-state index contributed by atoms with van der Waals surface area (Å²) in [7, 11) is 0. The Balaban J connectivity index is 2.20. The van der Waals surface area contributed by atoms with Crippen molar-refractivity contribution >= 4 is 28.3 Å². The summed E-state index contributed by atoms with van der Waals surface area (Å²) in [5.41, 5.74) is 7.14. The van der Waals surface area contributed by atoms with Crippen LogP contribution in [0.1, 0.15) is 5.69 Å². The summed E-state index contributed by atoms with van der Waals surface area (Å²) in [5, 5.41) is 0. The van der Waals surface area contributed by atoms with E-state index in [4.69, 9.17) is 10.5 Å². The maximum atomic E-state index is 5.68. The molecule has 3 nitrogen and oxygen atoms in total. The lowest BCUT2D eigenvalue weighted by Gasteiger charge is -2.06. The molecule has 0 spiro atoms. The maximum absolute atomic E-state index is 5.68. The fourth-order valence-corrected chi connectivity index (χ4v) is 1.59. The number of ether oxygens (including phenoxy) is 1. The van der Waals surface area contributed by atoms with E-state index in [1.165, 1.54) is 3.57 Å². The zero-order chi connectivity index (χ0) is 11.5. The minimum atomic E-state index is 0.563. The maximum Gasteiger partial charge on any atom is 0.219 e. The number of nitrogens with zero attached hydrogens (tertiary/aromatic N) is 1. The van der Waals surface area contributed by atoms with E-state index in [1.807, 2.05) is 31.2 Å². The number of pyridine rings is 1. The normalized spacial score (nSPS) is 10.1. The van der Waals surface area contributed by atoms with E-state index in [2.05, 4.69) is 27.6 Å². The van der Waals surface area contributed by atoms with Crippen LogP contribution in [0.25, 0.3) is 0 Å². The van der Waals surface area contributed by atoms with Gasteiger partial charge in [-0.15, -0.1) is 0 Å². The van der Waals surface area contributed by atoms with E-state index < -0.39 is 0 Å². The van der Waals surface area contributed by atoms with Crippen LogP contribution in [0, 0.1) is 10.5 Å². The van der Waals surface area contributed by atoms with Gasteiger partial charge in [0.15, 0.2) is 0 Å². The summed E-state index contributed by atoms with van der Waals surface area (Å²) >= 11 is 2.25. The molecule has 0 fully saturated rings. The lowest BCUT2D eigenvalue weighted by molar-refractivity contribution is 0.462. The lowest BCUT2D eigenvalue weighted by Crippen LogP contribution is -1.95. The van der Waals surface area contributed by atoms with Gasteiger partial charge in [-0.25, -0.2) is 4.98 Å². The first-order valence-corrected chi connectivity index (χ1v) is 5.89. The van der Waals surface area contributed by atoms with Gasteiger partial charge in [-0.2, -0.15) is 0 Å². The molecule has 2 N–H and O–H groups in total. The average Bonchev–Trinajstić information content (AvgIpc) is 2.27. The van der Waals surface area contributed by atoms with Crippen molar-refractivity contribution in [3.8, 4) is 11.6 Å². The van der Waals surface area contributed by atoms with Crippen LogP contribution in [-0.2, 0) is 0 Å². The van der Waals surface area contributed by atoms with Crippen molar-refractivity contribution < 1.29 is 4.74 Å². The van der Waals surface area contributed by atoms with Gasteiger partial charge < -0.3 is 10.5 Å². The Labute approximate surface area is 108 Å². The van der Waals surface area contributed by atoms with Crippen molar-refractivity contribution in [2.24, 2.45) is 0 Å². The number of hydrogen-bond acceptors (Lipinski definition) is 3. The first kappa shape index (κ1) is 11.2. The van der Waals surface area contributed by atoms with E-state index in [-0.39, 0.29) is 0 Å². The van der Waals surface area contributed by atoms with Crippen LogP contribution >= 0.6 is 22.6 Å². The number of hydrogen-bond donors (Lipinski definition) is 1. The molecule has 0 aliphatic carbocycles. The van der Waals surface area contributed by atoms with Crippen LogP contribution in [0.4, 0.5) is 5.69 Å². The Morgan fingerprint density at radius 2 is 1.81 bits per heavy atom. The highest BCUT2D eigenvalue weighted by atomic mass is 127. The summed E-state index contributed by atoms with van der Waals surface area (Å²) < 4.78 is 6.77. The number of aryl methyl sites for hydroxylation is 1. The van der Waals surface area contributed by atoms with Gasteiger partial charge in [0.25, 0.3) is 0 Å². The summed E-state index contributed by atoms with van der Waals surface area (Å²) in [6.45, 7) is 1.86. The van der Waals surface area contributed by atoms with Gasteiger partial charge >= 0.3 is 0 Å². The van der Waals surface area contributed by atoms with Gasteiger partial charge in [0.2, 0.25) is 5.88 Å². The molecule has 1 aromatic carbocycles. The molecule has 0 saturated carbocycles. The second-order valence-corrected chi connectivity index (χ2v) is 4.63. The number of benzene rings is 1. The van der Waals surface area contributed by atoms with Crippen LogP contribution in [0.5, 0.6) is 11.6 Å². The van der Waals surface area contributed by atoms with Gasteiger partial charge in [-0.3, -0.25) is 0 Å². The Hall–Kier alpha value is -1.30. The minimum Gasteiger partial charge on any atom is -0.439 e. The molecule has 0 radical (unpaired) electrons. The third kappa shape index (κ3) is 2.63. The highest BCUT2D eigenvalue weighted by Gasteiger charge is 2.01. The Morgan fingerprint density at radius 3 is 2.44 bits per heavy atom. The van der Waals surface area contributed by atoms with Gasteiger partial charge in [0, 0.05) is 9.64 Å². The van der Waals surface area contributed by atoms with E-state index in [0.29, 0.717) is 11.6 Å². The van der Waals surface area contributed by atoms with Crippen LogP contribution in [-0.4, -0.2) is 4.98 Å². The molecule has 0 aliphatic rings. The summed E-state index contributed by atoms with van der Waals surface area (Å²) in [4.78, 5) is 4.24. The smallest absolute Gasteiger partial charge is 0.219 e. The average molecular weight is 326 g/mol. The number of nitrogens with two attached hydrogens (primary N) is 1. The molecule has 1 aromatic heterocycles. The first-order valence-electron chi connectivity index (χ1n) is 4.82. The van der Waals surface area contributed by atoms with E-state index in [0.717, 1.165) is 11.4 Å². The number of rotatable bonds is 2. The van der Waals surface area contributed by atoms with E-state index >= 15 is 0 Å². The fraction of sp³-hybridized carbons (Fsp3) is 0.0833. The zero-order valence-electron chi connectivity index (χ0n) is 8.77. The molecule has 1 heterocycles. The Morgan fingerprint density at radius 1 is 1.12 bits per heavy atom. The van der Waals surface area contributed by atoms with E-state index in [1.54, 1.807) is 12.1 Å². The fourth-order valence-electron chi connectivity index (χ4n) is 1.23. The second-order valence-electron chi connectivity index (χ2n) is 3.38. The molecule has 4 heteroatoms. The van der Waals surface area contributed by atoms with Crippen LogP contribution in [0.15, 0.2) is 36.4 Å². The van der Waals surface area contributed by atoms with Gasteiger partial charge in [-0.1, -0.05) is 0 Å². The molecular weight excluding hydrogens is 315 g/mol. The molecule has 16 heavy (non-hydrogen) atoms. The predicted molar refractivity (Wildman–Crippen MR) is 72.6 cm³/mol. The molecular formula is C12H11IN2O. The Kier molecular flexibility index (Phi) is 3.28. The van der Waals surface area contributed by atoms with Crippen molar-refractivity contribution in [1.29, 1.82) is 0 Å². The monoisotopic (exact) mass is 326 g/mol. The van der Waals surface area contributed by atoms with Gasteiger partial charge in [0.05, 0.1) is 11.4 Å². The zero-order valence-corrected chi connectivity index (χ0v) is 10.9. The molecule has 82 valence electrons. The van der Waals surface area contributed by atoms with Crippen molar-refractivity contribution in [3.63, 3.8) is 0 Å². The van der Waals surface area contributed by atoms with Crippen molar-refractivity contribution in [1.82, 2.24) is 4.98 Å². The molecule has 2 aromatic rings.